The summed E-state index contributed by atoms with van der Waals surface area (Å²) in [7, 11) is 0. The zero-order valence-electron chi connectivity index (χ0n) is 17.5. The van der Waals surface area contributed by atoms with Crippen LogP contribution in [0.4, 0.5) is 10.2 Å². The first kappa shape index (κ1) is 21.2. The SMILES string of the molecule is N#Cc1ccc(-c2[nH]c(N3CCC(N)CC3)cc(=O)c2-c2ccc3n[nH]c(Cl)c3c2)cc1F. The highest BCUT2D eigenvalue weighted by Gasteiger charge is 2.21. The molecule has 9 heteroatoms. The number of hydrogen-bond donors (Lipinski definition) is 3. The molecule has 3 heterocycles. The Morgan fingerprint density at radius 3 is 2.64 bits per heavy atom. The van der Waals surface area contributed by atoms with Gasteiger partial charge in [0, 0.05) is 36.1 Å². The summed E-state index contributed by atoms with van der Waals surface area (Å²) in [6.07, 6.45) is 1.64. The number of pyridine rings is 1. The van der Waals surface area contributed by atoms with Crippen LogP contribution in [0, 0.1) is 17.1 Å². The summed E-state index contributed by atoms with van der Waals surface area (Å²) in [4.78, 5) is 18.9. The number of nitrogens with zero attached hydrogens (tertiary/aromatic N) is 3. The minimum atomic E-state index is -0.649. The average molecular weight is 463 g/mol. The van der Waals surface area contributed by atoms with Crippen molar-refractivity contribution >= 4 is 28.3 Å². The van der Waals surface area contributed by atoms with E-state index in [0.29, 0.717) is 57.3 Å². The number of nitrogens with one attached hydrogen (secondary N) is 2. The zero-order chi connectivity index (χ0) is 23.1. The van der Waals surface area contributed by atoms with E-state index in [1.54, 1.807) is 30.3 Å². The summed E-state index contributed by atoms with van der Waals surface area (Å²) in [5.41, 5.74) is 8.38. The summed E-state index contributed by atoms with van der Waals surface area (Å²) in [5.74, 6) is 0.00215. The topological polar surface area (TPSA) is 115 Å². The van der Waals surface area contributed by atoms with Gasteiger partial charge in [0.15, 0.2) is 5.43 Å². The zero-order valence-corrected chi connectivity index (χ0v) is 18.3. The van der Waals surface area contributed by atoms with Crippen LogP contribution in [0.15, 0.2) is 47.3 Å². The Hall–Kier alpha value is -3.67. The molecule has 2 aromatic carbocycles. The van der Waals surface area contributed by atoms with Gasteiger partial charge >= 0.3 is 0 Å². The van der Waals surface area contributed by atoms with Crippen LogP contribution < -0.4 is 16.1 Å². The van der Waals surface area contributed by atoms with Crippen molar-refractivity contribution < 1.29 is 4.39 Å². The Balaban J connectivity index is 1.72. The molecule has 0 amide bonds. The molecule has 7 nitrogen and oxygen atoms in total. The normalized spacial score (nSPS) is 14.5. The van der Waals surface area contributed by atoms with Crippen molar-refractivity contribution in [1.29, 1.82) is 5.26 Å². The first-order valence-electron chi connectivity index (χ1n) is 10.6. The first-order chi connectivity index (χ1) is 15.9. The van der Waals surface area contributed by atoms with Crippen molar-refractivity contribution in [3.05, 3.63) is 69.2 Å². The van der Waals surface area contributed by atoms with E-state index in [2.05, 4.69) is 20.1 Å². The van der Waals surface area contributed by atoms with Gasteiger partial charge in [0.05, 0.1) is 22.3 Å². The van der Waals surface area contributed by atoms with Gasteiger partial charge in [0.2, 0.25) is 0 Å². The highest BCUT2D eigenvalue weighted by atomic mass is 35.5. The Bertz CT molecular complexity index is 1460. The van der Waals surface area contributed by atoms with E-state index in [9.17, 15) is 9.18 Å². The number of nitriles is 1. The number of aromatic amines is 2. The largest absolute Gasteiger partial charge is 0.358 e. The molecule has 166 valence electrons. The molecule has 1 fully saturated rings. The van der Waals surface area contributed by atoms with Crippen LogP contribution in [0.3, 0.4) is 0 Å². The minimum Gasteiger partial charge on any atom is -0.358 e. The van der Waals surface area contributed by atoms with E-state index in [1.807, 2.05) is 6.07 Å². The standard InChI is InChI=1S/C24H20ClFN6O/c25-24-17-9-13(3-4-19(17)30-31-24)22-20(33)11-21(32-7-5-16(28)6-8-32)29-23(22)14-1-2-15(12-27)18(26)10-14/h1-4,9-11,16H,5-8,28H2,(H,29,33)(H,30,31). The third-order valence-electron chi connectivity index (χ3n) is 6.07. The number of halogens is 2. The molecule has 0 saturated carbocycles. The van der Waals surface area contributed by atoms with Gasteiger partial charge in [-0.15, -0.1) is 0 Å². The van der Waals surface area contributed by atoms with E-state index >= 15 is 0 Å². The van der Waals surface area contributed by atoms with Crippen LogP contribution >= 0.6 is 11.6 Å². The second-order valence-electron chi connectivity index (χ2n) is 8.17. The molecule has 2 aromatic heterocycles. The molecule has 4 N–H and O–H groups in total. The van der Waals surface area contributed by atoms with Crippen LogP contribution in [0.5, 0.6) is 0 Å². The summed E-state index contributed by atoms with van der Waals surface area (Å²) in [6.45, 7) is 1.43. The van der Waals surface area contributed by atoms with Crippen molar-refractivity contribution in [3.8, 4) is 28.5 Å². The quantitative estimate of drug-likeness (QED) is 0.422. The molecule has 0 bridgehead atoms. The summed E-state index contributed by atoms with van der Waals surface area (Å²) >= 11 is 6.22. The van der Waals surface area contributed by atoms with Gasteiger partial charge in [-0.1, -0.05) is 23.7 Å². The third kappa shape index (κ3) is 3.86. The lowest BCUT2D eigenvalue weighted by atomic mass is 9.97. The van der Waals surface area contributed by atoms with Crippen LogP contribution in [0.25, 0.3) is 33.3 Å². The lowest BCUT2D eigenvalue weighted by molar-refractivity contribution is 0.498. The van der Waals surface area contributed by atoms with E-state index < -0.39 is 5.82 Å². The fourth-order valence-electron chi connectivity index (χ4n) is 4.26. The van der Waals surface area contributed by atoms with Crippen molar-refractivity contribution in [3.63, 3.8) is 0 Å². The predicted octanol–water partition coefficient (Wildman–Crippen LogP) is 4.18. The molecule has 0 unspecified atom stereocenters. The van der Waals surface area contributed by atoms with Crippen LogP contribution in [-0.4, -0.2) is 34.3 Å². The van der Waals surface area contributed by atoms with Gasteiger partial charge < -0.3 is 15.6 Å². The highest BCUT2D eigenvalue weighted by molar-refractivity contribution is 6.34. The monoisotopic (exact) mass is 462 g/mol. The van der Waals surface area contributed by atoms with Gasteiger partial charge in [-0.05, 0) is 42.7 Å². The second-order valence-corrected chi connectivity index (χ2v) is 8.55. The molecule has 4 aromatic rings. The number of H-pyrrole nitrogens is 2. The van der Waals surface area contributed by atoms with Crippen molar-refractivity contribution in [2.24, 2.45) is 5.73 Å². The fraction of sp³-hybridized carbons (Fsp3) is 0.208. The summed E-state index contributed by atoms with van der Waals surface area (Å²) in [5, 5.41) is 17.0. The lowest BCUT2D eigenvalue weighted by Gasteiger charge is -2.32. The van der Waals surface area contributed by atoms with E-state index in [0.717, 1.165) is 12.8 Å². The van der Waals surface area contributed by atoms with Gasteiger partial charge in [-0.2, -0.15) is 10.4 Å². The van der Waals surface area contributed by atoms with Crippen LogP contribution in [0.2, 0.25) is 5.15 Å². The number of nitrogens with two attached hydrogens (primary N) is 1. The number of benzene rings is 2. The average Bonchev–Trinajstić information content (AvgIpc) is 3.19. The number of hydrogen-bond acceptors (Lipinski definition) is 5. The smallest absolute Gasteiger partial charge is 0.192 e. The van der Waals surface area contributed by atoms with Crippen LogP contribution in [-0.2, 0) is 0 Å². The molecule has 0 atom stereocenters. The fourth-order valence-corrected chi connectivity index (χ4v) is 4.45. The van der Waals surface area contributed by atoms with Gasteiger partial charge in [-0.3, -0.25) is 9.89 Å². The van der Waals surface area contributed by atoms with E-state index in [-0.39, 0.29) is 17.0 Å². The molecule has 0 spiro atoms. The number of fused-ring (bicyclic) bond motifs is 1. The summed E-state index contributed by atoms with van der Waals surface area (Å²) in [6, 6.07) is 13.2. The molecule has 0 radical (unpaired) electrons. The van der Waals surface area contributed by atoms with E-state index in [4.69, 9.17) is 22.6 Å². The maximum absolute atomic E-state index is 14.5. The number of rotatable bonds is 3. The molecular weight excluding hydrogens is 443 g/mol. The van der Waals surface area contributed by atoms with Crippen molar-refractivity contribution in [2.75, 3.05) is 18.0 Å². The maximum Gasteiger partial charge on any atom is 0.192 e. The lowest BCUT2D eigenvalue weighted by Crippen LogP contribution is -2.40. The number of anilines is 1. The highest BCUT2D eigenvalue weighted by Crippen LogP contribution is 2.33. The van der Waals surface area contributed by atoms with E-state index in [1.165, 1.54) is 12.1 Å². The molecular formula is C24H20ClFN6O. The Kier molecular flexibility index (Phi) is 5.36. The predicted molar refractivity (Wildman–Crippen MR) is 127 cm³/mol. The Morgan fingerprint density at radius 2 is 1.91 bits per heavy atom. The van der Waals surface area contributed by atoms with Crippen molar-refractivity contribution in [2.45, 2.75) is 18.9 Å². The van der Waals surface area contributed by atoms with Gasteiger partial charge in [-0.25, -0.2) is 4.39 Å². The second kappa shape index (κ2) is 8.35. The molecule has 5 rings (SSSR count). The molecule has 1 aliphatic rings. The molecule has 0 aliphatic carbocycles. The molecule has 1 saturated heterocycles. The maximum atomic E-state index is 14.5. The van der Waals surface area contributed by atoms with Gasteiger partial charge in [0.1, 0.15) is 22.9 Å². The van der Waals surface area contributed by atoms with Crippen LogP contribution in [0.1, 0.15) is 18.4 Å². The molecule has 1 aliphatic heterocycles. The Labute approximate surface area is 193 Å². The van der Waals surface area contributed by atoms with Crippen molar-refractivity contribution in [1.82, 2.24) is 15.2 Å². The number of aromatic nitrogens is 3. The van der Waals surface area contributed by atoms with Gasteiger partial charge in [0.25, 0.3) is 0 Å². The third-order valence-corrected chi connectivity index (χ3v) is 6.36. The molecule has 33 heavy (non-hydrogen) atoms. The summed E-state index contributed by atoms with van der Waals surface area (Å²) < 4.78 is 14.5. The minimum absolute atomic E-state index is 0.0598. The Morgan fingerprint density at radius 1 is 1.15 bits per heavy atom. The first-order valence-corrected chi connectivity index (χ1v) is 10.9. The number of piperidine rings is 1.